The lowest BCUT2D eigenvalue weighted by molar-refractivity contribution is 0.717. The van der Waals surface area contributed by atoms with Gasteiger partial charge < -0.3 is 11.1 Å². The number of amidine groups is 1. The molecule has 3 nitrogen and oxygen atoms in total. The van der Waals surface area contributed by atoms with Gasteiger partial charge in [0.1, 0.15) is 11.9 Å². The van der Waals surface area contributed by atoms with Crippen LogP contribution in [-0.4, -0.2) is 30.3 Å². The molecule has 14 heavy (non-hydrogen) atoms. The molecule has 0 aliphatic heterocycles. The lowest BCUT2D eigenvalue weighted by Gasteiger charge is -2.14. The SMILES string of the molecule is C/N=C(/NC(C)C)C(N)C#CCCBr. The molecule has 0 aliphatic rings. The first-order valence-corrected chi connectivity index (χ1v) is 5.77. The van der Waals surface area contributed by atoms with Gasteiger partial charge in [0, 0.05) is 24.8 Å². The summed E-state index contributed by atoms with van der Waals surface area (Å²) in [4.78, 5) is 4.07. The van der Waals surface area contributed by atoms with E-state index >= 15 is 0 Å². The fraction of sp³-hybridized carbons (Fsp3) is 0.700. The van der Waals surface area contributed by atoms with Gasteiger partial charge in [0.05, 0.1) is 0 Å². The molecule has 0 amide bonds. The van der Waals surface area contributed by atoms with E-state index in [4.69, 9.17) is 5.73 Å². The zero-order chi connectivity index (χ0) is 11.0. The van der Waals surface area contributed by atoms with Gasteiger partial charge in [0.25, 0.3) is 0 Å². The fourth-order valence-corrected chi connectivity index (χ4v) is 1.09. The van der Waals surface area contributed by atoms with Gasteiger partial charge in [-0.05, 0) is 13.8 Å². The molecule has 0 heterocycles. The largest absolute Gasteiger partial charge is 0.370 e. The van der Waals surface area contributed by atoms with Gasteiger partial charge in [-0.15, -0.1) is 5.92 Å². The molecule has 0 rings (SSSR count). The Morgan fingerprint density at radius 1 is 1.57 bits per heavy atom. The first-order valence-electron chi connectivity index (χ1n) is 4.65. The topological polar surface area (TPSA) is 50.4 Å². The van der Waals surface area contributed by atoms with Crippen LogP contribution in [0.4, 0.5) is 0 Å². The van der Waals surface area contributed by atoms with Crippen molar-refractivity contribution in [3.63, 3.8) is 0 Å². The zero-order valence-corrected chi connectivity index (χ0v) is 10.6. The maximum Gasteiger partial charge on any atom is 0.126 e. The van der Waals surface area contributed by atoms with Gasteiger partial charge in [0.15, 0.2) is 0 Å². The van der Waals surface area contributed by atoms with Crippen LogP contribution < -0.4 is 11.1 Å². The minimum absolute atomic E-state index is 0.304. The summed E-state index contributed by atoms with van der Waals surface area (Å²) in [7, 11) is 1.72. The van der Waals surface area contributed by atoms with Crippen molar-refractivity contribution in [3.05, 3.63) is 0 Å². The van der Waals surface area contributed by atoms with Crippen molar-refractivity contribution in [2.75, 3.05) is 12.4 Å². The van der Waals surface area contributed by atoms with Crippen LogP contribution in [0.2, 0.25) is 0 Å². The number of alkyl halides is 1. The molecular weight excluding hydrogens is 242 g/mol. The van der Waals surface area contributed by atoms with E-state index in [0.717, 1.165) is 17.6 Å². The Labute approximate surface area is 94.7 Å². The van der Waals surface area contributed by atoms with Gasteiger partial charge in [0.2, 0.25) is 0 Å². The maximum atomic E-state index is 5.84. The quantitative estimate of drug-likeness (QED) is 0.346. The summed E-state index contributed by atoms with van der Waals surface area (Å²) in [6, 6.07) is 0.0270. The van der Waals surface area contributed by atoms with Crippen molar-refractivity contribution in [1.29, 1.82) is 0 Å². The van der Waals surface area contributed by atoms with Gasteiger partial charge in [-0.1, -0.05) is 21.9 Å². The van der Waals surface area contributed by atoms with Gasteiger partial charge >= 0.3 is 0 Å². The van der Waals surface area contributed by atoms with Crippen LogP contribution >= 0.6 is 15.9 Å². The molecule has 0 aromatic rings. The number of nitrogens with zero attached hydrogens (tertiary/aromatic N) is 1. The third kappa shape index (κ3) is 6.01. The second kappa shape index (κ2) is 7.84. The summed E-state index contributed by atoms with van der Waals surface area (Å²) in [5.41, 5.74) is 5.84. The lowest BCUT2D eigenvalue weighted by atomic mass is 10.2. The molecular formula is C10H18BrN3. The van der Waals surface area contributed by atoms with E-state index in [1.54, 1.807) is 7.05 Å². The second-order valence-corrected chi connectivity index (χ2v) is 3.94. The Hall–Kier alpha value is -0.530. The molecule has 80 valence electrons. The zero-order valence-electron chi connectivity index (χ0n) is 8.97. The van der Waals surface area contributed by atoms with Crippen molar-refractivity contribution in [2.45, 2.75) is 32.4 Å². The lowest BCUT2D eigenvalue weighted by Crippen LogP contribution is -2.42. The monoisotopic (exact) mass is 259 g/mol. The first kappa shape index (κ1) is 13.5. The molecule has 0 aromatic carbocycles. The van der Waals surface area contributed by atoms with E-state index in [1.165, 1.54) is 0 Å². The molecule has 0 fully saturated rings. The Morgan fingerprint density at radius 3 is 2.64 bits per heavy atom. The van der Waals surface area contributed by atoms with Crippen LogP contribution in [0, 0.1) is 11.8 Å². The van der Waals surface area contributed by atoms with Crippen LogP contribution in [0.25, 0.3) is 0 Å². The van der Waals surface area contributed by atoms with E-state index in [0.29, 0.717) is 6.04 Å². The Bertz CT molecular complexity index is 237. The average Bonchev–Trinajstić information content (AvgIpc) is 2.14. The Balaban J connectivity index is 4.21. The highest BCUT2D eigenvalue weighted by Gasteiger charge is 2.07. The highest BCUT2D eigenvalue weighted by molar-refractivity contribution is 9.09. The molecule has 3 N–H and O–H groups in total. The predicted molar refractivity (Wildman–Crippen MR) is 65.8 cm³/mol. The average molecular weight is 260 g/mol. The third-order valence-electron chi connectivity index (χ3n) is 1.45. The second-order valence-electron chi connectivity index (χ2n) is 3.15. The summed E-state index contributed by atoms with van der Waals surface area (Å²) in [6.07, 6.45) is 0.812. The van der Waals surface area contributed by atoms with Crippen LogP contribution in [0.3, 0.4) is 0 Å². The predicted octanol–water partition coefficient (Wildman–Crippen LogP) is 1.13. The summed E-state index contributed by atoms with van der Waals surface area (Å²) in [5.74, 6) is 6.68. The molecule has 0 saturated heterocycles. The molecule has 1 unspecified atom stereocenters. The molecule has 0 aliphatic carbocycles. The molecule has 4 heteroatoms. The minimum atomic E-state index is -0.304. The first-order chi connectivity index (χ1) is 6.61. The standard InChI is InChI=1S/C10H18BrN3/c1-8(2)14-10(13-3)9(12)6-4-5-7-11/h8-9H,5,7,12H2,1-3H3,(H,13,14). The van der Waals surface area contributed by atoms with Gasteiger partial charge in [-0.3, -0.25) is 4.99 Å². The highest BCUT2D eigenvalue weighted by atomic mass is 79.9. The number of hydrogen-bond donors (Lipinski definition) is 2. The minimum Gasteiger partial charge on any atom is -0.370 e. The molecule has 0 bridgehead atoms. The number of nitrogens with one attached hydrogen (secondary N) is 1. The highest BCUT2D eigenvalue weighted by Crippen LogP contribution is 1.87. The van der Waals surface area contributed by atoms with E-state index in [-0.39, 0.29) is 6.04 Å². The molecule has 0 spiro atoms. The van der Waals surface area contributed by atoms with Gasteiger partial charge in [-0.2, -0.15) is 0 Å². The van der Waals surface area contributed by atoms with E-state index in [1.807, 2.05) is 13.8 Å². The molecule has 0 saturated carbocycles. The van der Waals surface area contributed by atoms with E-state index < -0.39 is 0 Å². The third-order valence-corrected chi connectivity index (χ3v) is 1.85. The van der Waals surface area contributed by atoms with Crippen LogP contribution in [0.5, 0.6) is 0 Å². The summed E-state index contributed by atoms with van der Waals surface area (Å²) in [5, 5.41) is 4.04. The summed E-state index contributed by atoms with van der Waals surface area (Å²) < 4.78 is 0. The Morgan fingerprint density at radius 2 is 2.21 bits per heavy atom. The van der Waals surface area contributed by atoms with Crippen molar-refractivity contribution in [1.82, 2.24) is 5.32 Å². The normalized spacial score (nSPS) is 13.4. The van der Waals surface area contributed by atoms with Crippen LogP contribution in [-0.2, 0) is 0 Å². The van der Waals surface area contributed by atoms with Crippen molar-refractivity contribution < 1.29 is 0 Å². The Kier molecular flexibility index (Phi) is 7.54. The summed E-state index contributed by atoms with van der Waals surface area (Å²) >= 11 is 3.30. The number of hydrogen-bond acceptors (Lipinski definition) is 2. The van der Waals surface area contributed by atoms with E-state index in [9.17, 15) is 0 Å². The number of halogens is 1. The molecule has 1 atom stereocenters. The smallest absolute Gasteiger partial charge is 0.126 e. The van der Waals surface area contributed by atoms with Crippen LogP contribution in [0.15, 0.2) is 4.99 Å². The van der Waals surface area contributed by atoms with Crippen molar-refractivity contribution >= 4 is 21.8 Å². The van der Waals surface area contributed by atoms with Crippen molar-refractivity contribution in [2.24, 2.45) is 10.7 Å². The molecule has 0 aromatic heterocycles. The van der Waals surface area contributed by atoms with Gasteiger partial charge in [-0.25, -0.2) is 0 Å². The van der Waals surface area contributed by atoms with Crippen molar-refractivity contribution in [3.8, 4) is 11.8 Å². The van der Waals surface area contributed by atoms with Crippen LogP contribution in [0.1, 0.15) is 20.3 Å². The number of rotatable bonds is 3. The van der Waals surface area contributed by atoms with E-state index in [2.05, 4.69) is 38.1 Å². The summed E-state index contributed by atoms with van der Waals surface area (Å²) in [6.45, 7) is 4.09. The molecule has 0 radical (unpaired) electrons. The fourth-order valence-electron chi connectivity index (χ4n) is 0.887. The maximum absolute atomic E-state index is 5.84. The number of nitrogens with two attached hydrogens (primary N) is 1. The number of aliphatic imine (C=N–C) groups is 1.